The lowest BCUT2D eigenvalue weighted by Crippen LogP contribution is -2.20. The lowest BCUT2D eigenvalue weighted by Gasteiger charge is -2.03. The molecule has 0 aliphatic heterocycles. The quantitative estimate of drug-likeness (QED) is 0.860. The summed E-state index contributed by atoms with van der Waals surface area (Å²) in [6.07, 6.45) is 3.35. The number of benzene rings is 1. The average Bonchev–Trinajstić information content (AvgIpc) is 2.77. The number of nitrogens with one attached hydrogen (secondary N) is 1. The highest BCUT2D eigenvalue weighted by atomic mass is 32.1. The summed E-state index contributed by atoms with van der Waals surface area (Å²) < 4.78 is 14.1. The number of amides is 1. The fourth-order valence-corrected chi connectivity index (χ4v) is 2.74. The van der Waals surface area contributed by atoms with Crippen molar-refractivity contribution in [2.45, 2.75) is 6.54 Å². The van der Waals surface area contributed by atoms with Crippen LogP contribution in [0.15, 0.2) is 36.4 Å². The van der Waals surface area contributed by atoms with Crippen molar-refractivity contribution >= 4 is 27.3 Å². The van der Waals surface area contributed by atoms with E-state index in [1.54, 1.807) is 17.4 Å². The molecule has 0 aliphatic rings. The van der Waals surface area contributed by atoms with E-state index in [1.807, 2.05) is 31.1 Å². The van der Waals surface area contributed by atoms with Crippen molar-refractivity contribution in [1.82, 2.24) is 10.2 Å². The lowest BCUT2D eigenvalue weighted by molar-refractivity contribution is -0.116. The predicted molar refractivity (Wildman–Crippen MR) is 81.3 cm³/mol. The zero-order valence-electron chi connectivity index (χ0n) is 11.5. The molecule has 1 N–H and O–H groups in total. The zero-order valence-corrected chi connectivity index (χ0v) is 12.3. The fraction of sp³-hybridized carbons (Fsp3) is 0.267. The number of carbonyl (C=O) groups is 1. The molecule has 1 heterocycles. The number of carbonyl (C=O) groups excluding carboxylic acids is 1. The van der Waals surface area contributed by atoms with Crippen LogP contribution in [0.3, 0.4) is 0 Å². The largest absolute Gasteiger partial charge is 0.348 e. The Balaban J connectivity index is 1.92. The molecular formula is C15H17FN2OS. The molecule has 3 nitrogen and oxygen atoms in total. The monoisotopic (exact) mass is 292 g/mol. The Kier molecular flexibility index (Phi) is 4.87. The molecule has 1 aromatic carbocycles. The van der Waals surface area contributed by atoms with Crippen molar-refractivity contribution in [3.05, 3.63) is 47.1 Å². The van der Waals surface area contributed by atoms with Crippen molar-refractivity contribution in [2.75, 3.05) is 20.6 Å². The number of halogens is 1. The first kappa shape index (κ1) is 14.7. The number of nitrogens with zero attached hydrogens (tertiary/aromatic N) is 1. The summed E-state index contributed by atoms with van der Waals surface area (Å²) in [5.74, 6) is -0.354. The van der Waals surface area contributed by atoms with Gasteiger partial charge >= 0.3 is 0 Å². The summed E-state index contributed by atoms with van der Waals surface area (Å²) in [4.78, 5) is 14.6. The number of likely N-dealkylation sites (N-methyl/N-ethyl adjacent to an activating group) is 1. The molecule has 0 atom stereocenters. The molecule has 1 aromatic heterocycles. The van der Waals surface area contributed by atoms with E-state index < -0.39 is 0 Å². The molecule has 0 aliphatic carbocycles. The molecule has 2 aromatic rings. The molecule has 2 rings (SSSR count). The van der Waals surface area contributed by atoms with Crippen LogP contribution in [0.5, 0.6) is 0 Å². The molecule has 0 saturated heterocycles. The standard InChI is InChI=1S/C15H17FN2OS/c1-18(2)7-3-4-15(19)17-10-13-9-11-8-12(16)5-6-14(11)20-13/h3-6,8-9H,7,10H2,1-2H3,(H,17,19)/b4-3+. The molecule has 0 unspecified atom stereocenters. The Hall–Kier alpha value is -1.72. The molecule has 0 saturated carbocycles. The second-order valence-electron chi connectivity index (χ2n) is 4.78. The summed E-state index contributed by atoms with van der Waals surface area (Å²) in [6, 6.07) is 6.63. The van der Waals surface area contributed by atoms with E-state index in [1.165, 1.54) is 18.2 Å². The summed E-state index contributed by atoms with van der Waals surface area (Å²) >= 11 is 1.56. The highest BCUT2D eigenvalue weighted by Crippen LogP contribution is 2.26. The zero-order chi connectivity index (χ0) is 14.5. The van der Waals surface area contributed by atoms with E-state index in [9.17, 15) is 9.18 Å². The van der Waals surface area contributed by atoms with Gasteiger partial charge in [0.05, 0.1) is 6.54 Å². The second-order valence-corrected chi connectivity index (χ2v) is 5.95. The van der Waals surface area contributed by atoms with Gasteiger partial charge in [-0.15, -0.1) is 11.3 Å². The Labute approximate surface area is 121 Å². The molecular weight excluding hydrogens is 275 g/mol. The Morgan fingerprint density at radius 2 is 2.20 bits per heavy atom. The van der Waals surface area contributed by atoms with Gasteiger partial charge in [0.1, 0.15) is 5.82 Å². The summed E-state index contributed by atoms with van der Waals surface area (Å²) in [6.45, 7) is 1.20. The third-order valence-electron chi connectivity index (χ3n) is 2.71. The van der Waals surface area contributed by atoms with Crippen molar-refractivity contribution in [2.24, 2.45) is 0 Å². The van der Waals surface area contributed by atoms with Crippen LogP contribution >= 0.6 is 11.3 Å². The second kappa shape index (κ2) is 6.63. The molecule has 0 radical (unpaired) electrons. The van der Waals surface area contributed by atoms with Gasteiger partial charge in [-0.1, -0.05) is 6.08 Å². The van der Waals surface area contributed by atoms with Crippen LogP contribution in [0, 0.1) is 5.82 Å². The van der Waals surface area contributed by atoms with Crippen molar-refractivity contribution in [3.63, 3.8) is 0 Å². The lowest BCUT2D eigenvalue weighted by atomic mass is 10.2. The van der Waals surface area contributed by atoms with Crippen molar-refractivity contribution in [1.29, 1.82) is 0 Å². The van der Waals surface area contributed by atoms with E-state index in [0.717, 1.165) is 21.5 Å². The Morgan fingerprint density at radius 3 is 2.95 bits per heavy atom. The van der Waals surface area contributed by atoms with Crippen LogP contribution in [0.2, 0.25) is 0 Å². The maximum atomic E-state index is 13.1. The van der Waals surface area contributed by atoms with Crippen LogP contribution in [0.25, 0.3) is 10.1 Å². The maximum Gasteiger partial charge on any atom is 0.243 e. The number of hydrogen-bond donors (Lipinski definition) is 1. The van der Waals surface area contributed by atoms with E-state index in [4.69, 9.17) is 0 Å². The fourth-order valence-electron chi connectivity index (χ4n) is 1.76. The molecule has 0 spiro atoms. The number of fused-ring (bicyclic) bond motifs is 1. The number of rotatable bonds is 5. The number of hydrogen-bond acceptors (Lipinski definition) is 3. The SMILES string of the molecule is CN(C)C/C=C/C(=O)NCc1cc2cc(F)ccc2s1. The smallest absolute Gasteiger partial charge is 0.243 e. The average molecular weight is 292 g/mol. The van der Waals surface area contributed by atoms with Gasteiger partial charge in [-0.25, -0.2) is 4.39 Å². The van der Waals surface area contributed by atoms with Gasteiger partial charge < -0.3 is 10.2 Å². The minimum Gasteiger partial charge on any atom is -0.348 e. The van der Waals surface area contributed by atoms with E-state index >= 15 is 0 Å². The van der Waals surface area contributed by atoms with Crippen LogP contribution < -0.4 is 5.32 Å². The molecule has 0 bridgehead atoms. The molecule has 0 fully saturated rings. The highest BCUT2D eigenvalue weighted by Gasteiger charge is 2.04. The van der Waals surface area contributed by atoms with E-state index in [0.29, 0.717) is 6.54 Å². The highest BCUT2D eigenvalue weighted by molar-refractivity contribution is 7.19. The first-order chi connectivity index (χ1) is 9.54. The van der Waals surface area contributed by atoms with Crippen molar-refractivity contribution < 1.29 is 9.18 Å². The van der Waals surface area contributed by atoms with Crippen LogP contribution in [-0.2, 0) is 11.3 Å². The van der Waals surface area contributed by atoms with Gasteiger partial charge in [0.2, 0.25) is 5.91 Å². The number of thiophene rings is 1. The molecule has 5 heteroatoms. The van der Waals surface area contributed by atoms with E-state index in [2.05, 4.69) is 5.32 Å². The normalized spacial score (nSPS) is 11.6. The minimum atomic E-state index is -0.238. The van der Waals surface area contributed by atoms with Crippen LogP contribution in [0.1, 0.15) is 4.88 Å². The van der Waals surface area contributed by atoms with Gasteiger partial charge in [0, 0.05) is 22.2 Å². The van der Waals surface area contributed by atoms with Gasteiger partial charge in [0.25, 0.3) is 0 Å². The van der Waals surface area contributed by atoms with Crippen LogP contribution in [0.4, 0.5) is 4.39 Å². The summed E-state index contributed by atoms with van der Waals surface area (Å²) in [7, 11) is 3.89. The third kappa shape index (κ3) is 4.15. The molecule has 106 valence electrons. The van der Waals surface area contributed by atoms with Crippen LogP contribution in [-0.4, -0.2) is 31.4 Å². The first-order valence-electron chi connectivity index (χ1n) is 6.31. The van der Waals surface area contributed by atoms with Gasteiger partial charge in [-0.05, 0) is 43.7 Å². The molecule has 1 amide bonds. The maximum absolute atomic E-state index is 13.1. The summed E-state index contributed by atoms with van der Waals surface area (Å²) in [5, 5.41) is 3.70. The Bertz CT molecular complexity index is 634. The van der Waals surface area contributed by atoms with Crippen molar-refractivity contribution in [3.8, 4) is 0 Å². The van der Waals surface area contributed by atoms with E-state index in [-0.39, 0.29) is 11.7 Å². The van der Waals surface area contributed by atoms with Gasteiger partial charge in [-0.2, -0.15) is 0 Å². The topological polar surface area (TPSA) is 32.3 Å². The summed E-state index contributed by atoms with van der Waals surface area (Å²) in [5.41, 5.74) is 0. The third-order valence-corrected chi connectivity index (χ3v) is 3.82. The Morgan fingerprint density at radius 1 is 1.40 bits per heavy atom. The predicted octanol–water partition coefficient (Wildman–Crippen LogP) is 2.77. The minimum absolute atomic E-state index is 0.115. The van der Waals surface area contributed by atoms with Gasteiger partial charge in [-0.3, -0.25) is 4.79 Å². The molecule has 20 heavy (non-hydrogen) atoms. The van der Waals surface area contributed by atoms with Gasteiger partial charge in [0.15, 0.2) is 0 Å². The first-order valence-corrected chi connectivity index (χ1v) is 7.13.